The van der Waals surface area contributed by atoms with Gasteiger partial charge in [0.2, 0.25) is 0 Å². The van der Waals surface area contributed by atoms with Crippen LogP contribution in [0.2, 0.25) is 0 Å². The van der Waals surface area contributed by atoms with Gasteiger partial charge in [-0.1, -0.05) is 121 Å². The van der Waals surface area contributed by atoms with Gasteiger partial charge in [0.25, 0.3) is 0 Å². The molecule has 1 aromatic heterocycles. The van der Waals surface area contributed by atoms with Crippen LogP contribution in [0.25, 0.3) is 22.5 Å². The summed E-state index contributed by atoms with van der Waals surface area (Å²) in [5.74, 6) is 1.04. The van der Waals surface area contributed by atoms with Gasteiger partial charge in [-0.2, -0.15) is 0 Å². The fourth-order valence-corrected chi connectivity index (χ4v) is 4.82. The van der Waals surface area contributed by atoms with E-state index in [0.29, 0.717) is 12.3 Å². The summed E-state index contributed by atoms with van der Waals surface area (Å²) in [6, 6.07) is 16.9. The molecule has 2 aromatic carbocycles. The molecule has 210 valence electrons. The van der Waals surface area contributed by atoms with E-state index in [2.05, 4.69) is 79.3 Å². The molecule has 0 aliphatic carbocycles. The van der Waals surface area contributed by atoms with Crippen molar-refractivity contribution in [3.63, 3.8) is 0 Å². The van der Waals surface area contributed by atoms with Crippen LogP contribution in [0, 0.1) is 5.92 Å². The highest BCUT2D eigenvalue weighted by atomic mass is 16.5. The van der Waals surface area contributed by atoms with Gasteiger partial charge < -0.3 is 4.74 Å². The number of unbranched alkanes of at least 4 members (excludes halogenated alkanes) is 7. The third-order valence-electron chi connectivity index (χ3n) is 7.52. The molecule has 0 saturated heterocycles. The summed E-state index contributed by atoms with van der Waals surface area (Å²) in [5.41, 5.74) is 5.74. The topological polar surface area (TPSA) is 52.1 Å². The van der Waals surface area contributed by atoms with Crippen molar-refractivity contribution in [1.82, 2.24) is 9.97 Å². The third kappa shape index (κ3) is 10.9. The Kier molecular flexibility index (Phi) is 13.2. The number of rotatable bonds is 17. The molecule has 0 bridgehead atoms. The Morgan fingerprint density at radius 1 is 0.718 bits per heavy atom. The van der Waals surface area contributed by atoms with Crippen molar-refractivity contribution in [2.24, 2.45) is 5.92 Å². The largest absolute Gasteiger partial charge is 0.462 e. The maximum atomic E-state index is 12.1. The zero-order chi connectivity index (χ0) is 27.9. The molecule has 4 nitrogen and oxygen atoms in total. The smallest absolute Gasteiger partial charge is 0.306 e. The summed E-state index contributed by atoms with van der Waals surface area (Å²) in [7, 11) is 0. The lowest BCUT2D eigenvalue weighted by atomic mass is 10.0. The van der Waals surface area contributed by atoms with Gasteiger partial charge in [0.15, 0.2) is 5.82 Å². The SMILES string of the molecule is CCCCCCCCCCc1cnc(-c2ccc(-c3ccc(C[C@H](C)OC(=O)C[C@H](C)CC)cc3)cc2)nc1. The molecule has 0 aliphatic rings. The number of hydrogen-bond donors (Lipinski definition) is 0. The minimum atomic E-state index is -0.126. The first kappa shape index (κ1) is 30.5. The van der Waals surface area contributed by atoms with Gasteiger partial charge >= 0.3 is 5.97 Å². The second-order valence-electron chi connectivity index (χ2n) is 11.1. The first-order valence-corrected chi connectivity index (χ1v) is 15.2. The van der Waals surface area contributed by atoms with Crippen molar-refractivity contribution >= 4 is 5.97 Å². The van der Waals surface area contributed by atoms with Gasteiger partial charge in [-0.05, 0) is 47.9 Å². The van der Waals surface area contributed by atoms with E-state index in [4.69, 9.17) is 4.74 Å². The van der Waals surface area contributed by atoms with E-state index < -0.39 is 0 Å². The number of hydrogen-bond acceptors (Lipinski definition) is 4. The zero-order valence-electron chi connectivity index (χ0n) is 24.6. The standard InChI is InChI=1S/C35H48N2O2/c1-5-7-8-9-10-11-12-13-14-30-25-36-35(37-26-30)33-21-19-32(20-22-33)31-17-15-29(16-18-31)24-28(4)39-34(38)23-27(3)6-2/h15-22,25-28H,5-14,23-24H2,1-4H3/t27-,28+/m1/s1. The van der Waals surface area contributed by atoms with Crippen LogP contribution in [-0.4, -0.2) is 22.0 Å². The zero-order valence-corrected chi connectivity index (χ0v) is 24.6. The van der Waals surface area contributed by atoms with E-state index in [1.54, 1.807) is 0 Å². The monoisotopic (exact) mass is 528 g/mol. The quantitative estimate of drug-likeness (QED) is 0.129. The van der Waals surface area contributed by atoms with Crippen molar-refractivity contribution in [3.8, 4) is 22.5 Å². The van der Waals surface area contributed by atoms with E-state index in [0.717, 1.165) is 41.8 Å². The van der Waals surface area contributed by atoms with E-state index in [1.807, 2.05) is 19.3 Å². The first-order chi connectivity index (χ1) is 19.0. The maximum absolute atomic E-state index is 12.1. The minimum Gasteiger partial charge on any atom is -0.462 e. The van der Waals surface area contributed by atoms with Crippen LogP contribution >= 0.6 is 0 Å². The summed E-state index contributed by atoms with van der Waals surface area (Å²) < 4.78 is 5.60. The molecule has 0 amide bonds. The summed E-state index contributed by atoms with van der Waals surface area (Å²) in [6.45, 7) is 8.41. The lowest BCUT2D eigenvalue weighted by molar-refractivity contribution is -0.149. The van der Waals surface area contributed by atoms with E-state index in [1.165, 1.54) is 62.5 Å². The fraction of sp³-hybridized carbons (Fsp3) is 0.514. The Labute approximate surface area is 236 Å². The molecule has 0 aliphatic heterocycles. The summed E-state index contributed by atoms with van der Waals surface area (Å²) in [5, 5.41) is 0. The van der Waals surface area contributed by atoms with Crippen LogP contribution in [0.15, 0.2) is 60.9 Å². The van der Waals surface area contributed by atoms with Crippen molar-refractivity contribution in [2.75, 3.05) is 0 Å². The Morgan fingerprint density at radius 2 is 1.26 bits per heavy atom. The number of aryl methyl sites for hydroxylation is 1. The molecule has 3 rings (SSSR count). The fourth-order valence-electron chi connectivity index (χ4n) is 4.82. The van der Waals surface area contributed by atoms with Crippen molar-refractivity contribution < 1.29 is 9.53 Å². The van der Waals surface area contributed by atoms with E-state index in [-0.39, 0.29) is 12.1 Å². The van der Waals surface area contributed by atoms with Gasteiger partial charge in [-0.15, -0.1) is 0 Å². The summed E-state index contributed by atoms with van der Waals surface area (Å²) in [6.07, 6.45) is 17.8. The summed E-state index contributed by atoms with van der Waals surface area (Å²) in [4.78, 5) is 21.3. The van der Waals surface area contributed by atoms with Gasteiger partial charge in [0.1, 0.15) is 6.10 Å². The minimum absolute atomic E-state index is 0.101. The van der Waals surface area contributed by atoms with Crippen molar-refractivity contribution in [2.45, 2.75) is 111 Å². The molecule has 0 saturated carbocycles. The second-order valence-corrected chi connectivity index (χ2v) is 11.1. The number of carbonyl (C=O) groups is 1. The van der Waals surface area contributed by atoms with Crippen LogP contribution in [0.1, 0.15) is 103 Å². The van der Waals surface area contributed by atoms with Crippen LogP contribution in [0.3, 0.4) is 0 Å². The Bertz CT molecular complexity index is 1090. The number of benzene rings is 2. The van der Waals surface area contributed by atoms with Crippen molar-refractivity contribution in [3.05, 3.63) is 72.1 Å². The van der Waals surface area contributed by atoms with Gasteiger partial charge in [0, 0.05) is 30.8 Å². The Balaban J connectivity index is 1.45. The third-order valence-corrected chi connectivity index (χ3v) is 7.52. The van der Waals surface area contributed by atoms with Crippen molar-refractivity contribution in [1.29, 1.82) is 0 Å². The van der Waals surface area contributed by atoms with Gasteiger partial charge in [0.05, 0.1) is 0 Å². The van der Waals surface area contributed by atoms with Crippen LogP contribution in [0.4, 0.5) is 0 Å². The molecule has 39 heavy (non-hydrogen) atoms. The lowest BCUT2D eigenvalue weighted by Gasteiger charge is -2.15. The molecule has 3 aromatic rings. The van der Waals surface area contributed by atoms with Gasteiger partial charge in [-0.25, -0.2) is 9.97 Å². The normalized spacial score (nSPS) is 12.7. The lowest BCUT2D eigenvalue weighted by Crippen LogP contribution is -2.18. The predicted molar refractivity (Wildman–Crippen MR) is 163 cm³/mol. The average Bonchev–Trinajstić information content (AvgIpc) is 2.95. The average molecular weight is 529 g/mol. The van der Waals surface area contributed by atoms with Crippen LogP contribution < -0.4 is 0 Å². The molecule has 0 spiro atoms. The molecule has 0 radical (unpaired) electrons. The maximum Gasteiger partial charge on any atom is 0.306 e. The van der Waals surface area contributed by atoms with Crippen LogP contribution in [0.5, 0.6) is 0 Å². The highest BCUT2D eigenvalue weighted by molar-refractivity contribution is 5.70. The molecule has 4 heteroatoms. The molecule has 0 N–H and O–H groups in total. The predicted octanol–water partition coefficient (Wildman–Crippen LogP) is 9.40. The second kappa shape index (κ2) is 16.8. The number of carbonyl (C=O) groups excluding carboxylic acids is 1. The Hall–Kier alpha value is -3.01. The molecular formula is C35H48N2O2. The number of aromatic nitrogens is 2. The summed E-state index contributed by atoms with van der Waals surface area (Å²) >= 11 is 0. The number of ether oxygens (including phenoxy) is 1. The molecular weight excluding hydrogens is 480 g/mol. The highest BCUT2D eigenvalue weighted by Gasteiger charge is 2.13. The molecule has 0 unspecified atom stereocenters. The molecule has 2 atom stereocenters. The van der Waals surface area contributed by atoms with Gasteiger partial charge in [-0.3, -0.25) is 4.79 Å². The van der Waals surface area contributed by atoms with Crippen LogP contribution in [-0.2, 0) is 22.4 Å². The number of esters is 1. The highest BCUT2D eigenvalue weighted by Crippen LogP contribution is 2.24. The molecule has 0 fully saturated rings. The number of nitrogens with zero attached hydrogens (tertiary/aromatic N) is 2. The Morgan fingerprint density at radius 3 is 1.85 bits per heavy atom. The molecule has 1 heterocycles. The van der Waals surface area contributed by atoms with E-state index >= 15 is 0 Å². The first-order valence-electron chi connectivity index (χ1n) is 15.2. The van der Waals surface area contributed by atoms with E-state index in [9.17, 15) is 4.79 Å².